The number of hydrogen-bond donors (Lipinski definition) is 1. The second kappa shape index (κ2) is 5.13. The number of rotatable bonds is 3. The molecule has 3 atom stereocenters. The van der Waals surface area contributed by atoms with Crippen LogP contribution in [0.25, 0.3) is 0 Å². The van der Waals surface area contributed by atoms with Crippen molar-refractivity contribution in [1.82, 2.24) is 15.1 Å². The topological polar surface area (TPSA) is 42.3 Å². The van der Waals surface area contributed by atoms with Crippen LogP contribution in [0.4, 0.5) is 0 Å². The van der Waals surface area contributed by atoms with E-state index in [9.17, 15) is 0 Å². The van der Waals surface area contributed by atoms with E-state index in [4.69, 9.17) is 5.26 Å². The van der Waals surface area contributed by atoms with Gasteiger partial charge in [-0.05, 0) is 34.9 Å². The quantitative estimate of drug-likeness (QED) is 0.758. The van der Waals surface area contributed by atoms with E-state index in [-0.39, 0.29) is 0 Å². The van der Waals surface area contributed by atoms with Crippen molar-refractivity contribution in [3.63, 3.8) is 0 Å². The summed E-state index contributed by atoms with van der Waals surface area (Å²) >= 11 is 0. The lowest BCUT2D eigenvalue weighted by molar-refractivity contribution is 0.0504. The molecule has 1 aliphatic rings. The Bertz CT molecular complexity index is 261. The molecule has 0 bridgehead atoms. The summed E-state index contributed by atoms with van der Waals surface area (Å²) in [7, 11) is 4.03. The minimum atomic E-state index is -0.435. The molecule has 4 nitrogen and oxygen atoms in total. The van der Waals surface area contributed by atoms with E-state index in [2.05, 4.69) is 42.1 Å². The molecule has 1 rings (SSSR count). The molecule has 1 saturated heterocycles. The van der Waals surface area contributed by atoms with Crippen LogP contribution in [0.5, 0.6) is 0 Å². The molecule has 1 aliphatic heterocycles. The highest BCUT2D eigenvalue weighted by Gasteiger charge is 2.31. The average Bonchev–Trinajstić information content (AvgIpc) is 2.25. The molecule has 3 unspecified atom stereocenters. The highest BCUT2D eigenvalue weighted by Crippen LogP contribution is 2.15. The number of nitriles is 1. The van der Waals surface area contributed by atoms with Gasteiger partial charge in [-0.1, -0.05) is 0 Å². The molecular formula is C12H24N4. The lowest BCUT2D eigenvalue weighted by Crippen LogP contribution is -2.59. The summed E-state index contributed by atoms with van der Waals surface area (Å²) < 4.78 is 0. The van der Waals surface area contributed by atoms with Gasteiger partial charge in [0, 0.05) is 31.7 Å². The van der Waals surface area contributed by atoms with Crippen molar-refractivity contribution in [1.29, 1.82) is 5.26 Å². The van der Waals surface area contributed by atoms with Crippen molar-refractivity contribution in [2.24, 2.45) is 0 Å². The Labute approximate surface area is 99.2 Å². The predicted molar refractivity (Wildman–Crippen MR) is 66.2 cm³/mol. The normalized spacial score (nSPS) is 32.0. The van der Waals surface area contributed by atoms with E-state index >= 15 is 0 Å². The summed E-state index contributed by atoms with van der Waals surface area (Å²) in [5, 5.41) is 12.3. The Kier molecular flexibility index (Phi) is 4.31. The van der Waals surface area contributed by atoms with Crippen molar-refractivity contribution in [2.45, 2.75) is 38.4 Å². The van der Waals surface area contributed by atoms with Gasteiger partial charge in [0.1, 0.15) is 5.54 Å². The van der Waals surface area contributed by atoms with Crippen LogP contribution in [0.1, 0.15) is 20.8 Å². The molecule has 0 saturated carbocycles. The Morgan fingerprint density at radius 3 is 2.25 bits per heavy atom. The van der Waals surface area contributed by atoms with E-state index in [1.807, 2.05) is 14.0 Å². The summed E-state index contributed by atoms with van der Waals surface area (Å²) in [4.78, 5) is 4.79. The summed E-state index contributed by atoms with van der Waals surface area (Å²) in [6, 6.07) is 3.47. The first kappa shape index (κ1) is 13.4. The van der Waals surface area contributed by atoms with E-state index in [1.165, 1.54) is 0 Å². The predicted octanol–water partition coefficient (Wildman–Crippen LogP) is 0.512. The molecule has 0 aliphatic carbocycles. The van der Waals surface area contributed by atoms with Crippen LogP contribution in [-0.2, 0) is 0 Å². The molecule has 4 heteroatoms. The molecule has 1 fully saturated rings. The van der Waals surface area contributed by atoms with E-state index in [1.54, 1.807) is 0 Å². The smallest absolute Gasteiger partial charge is 0.116 e. The van der Waals surface area contributed by atoms with Crippen molar-refractivity contribution < 1.29 is 0 Å². The highest BCUT2D eigenvalue weighted by atomic mass is 15.3. The zero-order chi connectivity index (χ0) is 12.3. The molecule has 0 spiro atoms. The van der Waals surface area contributed by atoms with Gasteiger partial charge in [-0.25, -0.2) is 0 Å². The molecule has 1 heterocycles. The maximum absolute atomic E-state index is 9.15. The Morgan fingerprint density at radius 1 is 1.38 bits per heavy atom. The molecule has 0 aromatic carbocycles. The average molecular weight is 224 g/mol. The Hall–Kier alpha value is -0.630. The minimum absolute atomic E-state index is 0.435. The molecule has 1 N–H and O–H groups in total. The van der Waals surface area contributed by atoms with Crippen LogP contribution in [-0.4, -0.2) is 61.2 Å². The number of nitrogens with zero attached hydrogens (tertiary/aromatic N) is 3. The minimum Gasteiger partial charge on any atom is -0.302 e. The maximum Gasteiger partial charge on any atom is 0.116 e. The van der Waals surface area contributed by atoms with Crippen LogP contribution < -0.4 is 5.32 Å². The Morgan fingerprint density at radius 2 is 1.88 bits per heavy atom. The summed E-state index contributed by atoms with van der Waals surface area (Å²) in [5.74, 6) is 0. The third kappa shape index (κ3) is 2.94. The molecule has 92 valence electrons. The summed E-state index contributed by atoms with van der Waals surface area (Å²) in [6.07, 6.45) is 0. The zero-order valence-electron chi connectivity index (χ0n) is 11.1. The number of hydrogen-bond acceptors (Lipinski definition) is 4. The van der Waals surface area contributed by atoms with Crippen LogP contribution in [0.15, 0.2) is 0 Å². The van der Waals surface area contributed by atoms with Crippen LogP contribution >= 0.6 is 0 Å². The molecule has 0 aromatic rings. The second-order valence-electron chi connectivity index (χ2n) is 5.25. The zero-order valence-corrected chi connectivity index (χ0v) is 11.1. The Balaban J connectivity index is 2.60. The molecule has 0 radical (unpaired) electrons. The largest absolute Gasteiger partial charge is 0.302 e. The van der Waals surface area contributed by atoms with Gasteiger partial charge in [-0.2, -0.15) is 5.26 Å². The lowest BCUT2D eigenvalue weighted by Gasteiger charge is -2.44. The standard InChI is InChI=1S/C12H24N4/c1-10-6-16(7-11(2)15(10)5)9-12(3,8-13)14-4/h10-11,14H,6-7,9H2,1-5H3. The highest BCUT2D eigenvalue weighted by molar-refractivity contribution is 5.05. The fraction of sp³-hybridized carbons (Fsp3) is 0.917. The van der Waals surface area contributed by atoms with Gasteiger partial charge in [0.15, 0.2) is 0 Å². The van der Waals surface area contributed by atoms with E-state index in [0.717, 1.165) is 19.6 Å². The summed E-state index contributed by atoms with van der Waals surface area (Å²) in [5.41, 5.74) is -0.435. The third-order valence-electron chi connectivity index (χ3n) is 3.77. The van der Waals surface area contributed by atoms with E-state index < -0.39 is 5.54 Å². The molecular weight excluding hydrogens is 200 g/mol. The molecule has 0 amide bonds. The van der Waals surface area contributed by atoms with E-state index in [0.29, 0.717) is 12.1 Å². The first-order chi connectivity index (χ1) is 7.41. The van der Waals surface area contributed by atoms with Gasteiger partial charge in [0.2, 0.25) is 0 Å². The number of likely N-dealkylation sites (N-methyl/N-ethyl adjacent to an activating group) is 2. The van der Waals surface area contributed by atoms with Gasteiger partial charge in [0.05, 0.1) is 6.07 Å². The lowest BCUT2D eigenvalue weighted by atomic mass is 10.0. The van der Waals surface area contributed by atoms with Crippen molar-refractivity contribution in [3.05, 3.63) is 0 Å². The second-order valence-corrected chi connectivity index (χ2v) is 5.25. The van der Waals surface area contributed by atoms with Gasteiger partial charge in [-0.3, -0.25) is 9.80 Å². The van der Waals surface area contributed by atoms with Crippen LogP contribution in [0, 0.1) is 11.3 Å². The first-order valence-corrected chi connectivity index (χ1v) is 5.96. The van der Waals surface area contributed by atoms with Crippen molar-refractivity contribution in [3.8, 4) is 6.07 Å². The third-order valence-corrected chi connectivity index (χ3v) is 3.77. The van der Waals surface area contributed by atoms with Crippen LogP contribution in [0.2, 0.25) is 0 Å². The SMILES string of the molecule is CNC(C)(C#N)CN1CC(C)N(C)C(C)C1. The number of piperazine rings is 1. The molecule has 0 aromatic heterocycles. The van der Waals surface area contributed by atoms with Gasteiger partial charge >= 0.3 is 0 Å². The van der Waals surface area contributed by atoms with Crippen molar-refractivity contribution >= 4 is 0 Å². The summed E-state index contributed by atoms with van der Waals surface area (Å²) in [6.45, 7) is 9.32. The number of nitrogens with one attached hydrogen (secondary N) is 1. The van der Waals surface area contributed by atoms with Gasteiger partial charge in [-0.15, -0.1) is 0 Å². The fourth-order valence-corrected chi connectivity index (χ4v) is 2.26. The first-order valence-electron chi connectivity index (χ1n) is 5.96. The fourth-order valence-electron chi connectivity index (χ4n) is 2.26. The monoisotopic (exact) mass is 224 g/mol. The van der Waals surface area contributed by atoms with Gasteiger partial charge in [0.25, 0.3) is 0 Å². The van der Waals surface area contributed by atoms with Crippen LogP contribution in [0.3, 0.4) is 0 Å². The maximum atomic E-state index is 9.15. The van der Waals surface area contributed by atoms with Gasteiger partial charge < -0.3 is 5.32 Å². The van der Waals surface area contributed by atoms with Crippen molar-refractivity contribution in [2.75, 3.05) is 33.7 Å². The molecule has 16 heavy (non-hydrogen) atoms.